The van der Waals surface area contributed by atoms with Crippen LogP contribution in [0.1, 0.15) is 37.6 Å². The van der Waals surface area contributed by atoms with Gasteiger partial charge in [-0.15, -0.1) is 0 Å². The molecule has 1 fully saturated rings. The minimum Gasteiger partial charge on any atom is -0.387 e. The molecule has 1 aromatic heterocycles. The highest BCUT2D eigenvalue weighted by atomic mass is 16.3. The van der Waals surface area contributed by atoms with E-state index in [9.17, 15) is 5.11 Å². The molecule has 25 heavy (non-hydrogen) atoms. The number of benzene rings is 1. The Morgan fingerprint density at radius 2 is 2.00 bits per heavy atom. The van der Waals surface area contributed by atoms with Gasteiger partial charge in [-0.25, -0.2) is 9.97 Å². The van der Waals surface area contributed by atoms with Crippen LogP contribution in [0.4, 0.5) is 5.82 Å². The number of hydrogen-bond acceptors (Lipinski definition) is 5. The second-order valence-electron chi connectivity index (χ2n) is 7.45. The van der Waals surface area contributed by atoms with Crippen LogP contribution in [-0.2, 0) is 6.54 Å². The number of hydrogen-bond donors (Lipinski definition) is 1. The molecule has 2 heterocycles. The van der Waals surface area contributed by atoms with Gasteiger partial charge in [0.15, 0.2) is 0 Å². The second kappa shape index (κ2) is 7.50. The van der Waals surface area contributed by atoms with Crippen LogP contribution in [0, 0.1) is 0 Å². The third-order valence-corrected chi connectivity index (χ3v) is 4.76. The summed E-state index contributed by atoms with van der Waals surface area (Å²) in [5.41, 5.74) is 0.587. The van der Waals surface area contributed by atoms with E-state index in [1.165, 1.54) is 5.56 Å². The van der Waals surface area contributed by atoms with Gasteiger partial charge in [-0.2, -0.15) is 0 Å². The van der Waals surface area contributed by atoms with Crippen molar-refractivity contribution in [2.24, 2.45) is 0 Å². The topological polar surface area (TPSA) is 52.5 Å². The van der Waals surface area contributed by atoms with E-state index in [2.05, 4.69) is 53.0 Å². The summed E-state index contributed by atoms with van der Waals surface area (Å²) in [6.07, 6.45) is 2.58. The Bertz CT molecular complexity index is 691. The molecule has 1 saturated heterocycles. The molecule has 0 aliphatic carbocycles. The van der Waals surface area contributed by atoms with Gasteiger partial charge in [0.1, 0.15) is 11.6 Å². The molecule has 0 saturated carbocycles. The Morgan fingerprint density at radius 3 is 2.72 bits per heavy atom. The van der Waals surface area contributed by atoms with Gasteiger partial charge in [-0.05, 0) is 18.1 Å². The van der Waals surface area contributed by atoms with E-state index in [1.54, 1.807) is 6.20 Å². The molecule has 1 aliphatic heterocycles. The van der Waals surface area contributed by atoms with Crippen LogP contribution in [0.25, 0.3) is 0 Å². The summed E-state index contributed by atoms with van der Waals surface area (Å²) in [7, 11) is 1.99. The number of β-amino-alcohol motifs (C(OH)–C–C–N with tert-alkyl or cyclic N) is 1. The van der Waals surface area contributed by atoms with E-state index >= 15 is 0 Å². The Kier molecular flexibility index (Phi) is 5.35. The molecule has 0 radical (unpaired) electrons. The van der Waals surface area contributed by atoms with Gasteiger partial charge in [0.2, 0.25) is 0 Å². The Labute approximate surface area is 150 Å². The van der Waals surface area contributed by atoms with Crippen molar-refractivity contribution in [3.63, 3.8) is 0 Å². The Morgan fingerprint density at radius 1 is 1.24 bits per heavy atom. The van der Waals surface area contributed by atoms with Crippen molar-refractivity contribution >= 4 is 5.82 Å². The van der Waals surface area contributed by atoms with Gasteiger partial charge in [0, 0.05) is 45.3 Å². The number of rotatable bonds is 6. The van der Waals surface area contributed by atoms with Gasteiger partial charge < -0.3 is 10.0 Å². The first-order chi connectivity index (χ1) is 12.0. The van der Waals surface area contributed by atoms with E-state index in [1.807, 2.05) is 24.1 Å². The summed E-state index contributed by atoms with van der Waals surface area (Å²) in [6.45, 7) is 7.25. The lowest BCUT2D eigenvalue weighted by atomic mass is 10.0. The van der Waals surface area contributed by atoms with Crippen molar-refractivity contribution in [3.05, 3.63) is 54.0 Å². The Hall–Kier alpha value is -1.98. The van der Waals surface area contributed by atoms with Gasteiger partial charge in [0.05, 0.1) is 5.60 Å². The minimum atomic E-state index is -0.702. The number of anilines is 1. The first kappa shape index (κ1) is 17.8. The summed E-state index contributed by atoms with van der Waals surface area (Å²) in [5.74, 6) is 2.01. The van der Waals surface area contributed by atoms with E-state index in [0.717, 1.165) is 31.2 Å². The van der Waals surface area contributed by atoms with Crippen LogP contribution in [0.3, 0.4) is 0 Å². The van der Waals surface area contributed by atoms with Crippen molar-refractivity contribution in [2.45, 2.75) is 38.3 Å². The minimum absolute atomic E-state index is 0.296. The largest absolute Gasteiger partial charge is 0.387 e. The van der Waals surface area contributed by atoms with E-state index < -0.39 is 5.60 Å². The lowest BCUT2D eigenvalue weighted by molar-refractivity contribution is 0.0561. The van der Waals surface area contributed by atoms with Crippen molar-refractivity contribution in [1.82, 2.24) is 14.9 Å². The second-order valence-corrected chi connectivity index (χ2v) is 7.45. The molecule has 5 nitrogen and oxygen atoms in total. The average Bonchev–Trinajstić information content (AvgIpc) is 2.96. The number of nitrogens with zero attached hydrogens (tertiary/aromatic N) is 4. The van der Waals surface area contributed by atoms with Crippen LogP contribution in [0.15, 0.2) is 42.6 Å². The predicted octanol–water partition coefficient (Wildman–Crippen LogP) is 2.67. The van der Waals surface area contributed by atoms with E-state index in [-0.39, 0.29) is 0 Å². The van der Waals surface area contributed by atoms with Gasteiger partial charge in [0.25, 0.3) is 0 Å². The van der Waals surface area contributed by atoms with Crippen molar-refractivity contribution < 1.29 is 5.11 Å². The standard InChI is InChI=1S/C20H28N4O/c1-16(2)19-21-11-9-18(22-19)23(3)14-20(25)10-12-24(15-20)13-17-7-5-4-6-8-17/h4-9,11,16,25H,10,12-15H2,1-3H3. The lowest BCUT2D eigenvalue weighted by Crippen LogP contribution is -2.44. The maximum absolute atomic E-state index is 11.0. The zero-order chi connectivity index (χ0) is 17.9. The van der Waals surface area contributed by atoms with Crippen LogP contribution in [0.2, 0.25) is 0 Å². The van der Waals surface area contributed by atoms with Crippen LogP contribution in [-0.4, -0.2) is 52.3 Å². The fourth-order valence-corrected chi connectivity index (χ4v) is 3.42. The molecule has 1 unspecified atom stereocenters. The maximum Gasteiger partial charge on any atom is 0.133 e. The summed E-state index contributed by atoms with van der Waals surface area (Å²) < 4.78 is 0. The summed E-state index contributed by atoms with van der Waals surface area (Å²) >= 11 is 0. The lowest BCUT2D eigenvalue weighted by Gasteiger charge is -2.30. The Balaban J connectivity index is 1.61. The van der Waals surface area contributed by atoms with Gasteiger partial charge in [-0.3, -0.25) is 4.90 Å². The van der Waals surface area contributed by atoms with Crippen LogP contribution in [0.5, 0.6) is 0 Å². The van der Waals surface area contributed by atoms with Crippen molar-refractivity contribution in [2.75, 3.05) is 31.6 Å². The predicted molar refractivity (Wildman–Crippen MR) is 101 cm³/mol. The SMILES string of the molecule is CC(C)c1nccc(N(C)CC2(O)CCN(Cc3ccccc3)C2)n1. The summed E-state index contributed by atoms with van der Waals surface area (Å²) in [4.78, 5) is 13.3. The first-order valence-corrected chi connectivity index (χ1v) is 8.98. The van der Waals surface area contributed by atoms with Crippen molar-refractivity contribution in [3.8, 4) is 0 Å². The molecule has 3 rings (SSSR count). The zero-order valence-corrected chi connectivity index (χ0v) is 15.4. The molecule has 0 spiro atoms. The third-order valence-electron chi connectivity index (χ3n) is 4.76. The smallest absolute Gasteiger partial charge is 0.133 e. The fraction of sp³-hybridized carbons (Fsp3) is 0.500. The van der Waals surface area contributed by atoms with Crippen LogP contribution < -0.4 is 4.90 Å². The molecule has 2 aromatic rings. The summed E-state index contributed by atoms with van der Waals surface area (Å²) in [5, 5.41) is 11.0. The number of aromatic nitrogens is 2. The van der Waals surface area contributed by atoms with Gasteiger partial charge >= 0.3 is 0 Å². The number of aliphatic hydroxyl groups is 1. The molecular weight excluding hydrogens is 312 g/mol. The molecular formula is C20H28N4O. The maximum atomic E-state index is 11.0. The highest BCUT2D eigenvalue weighted by molar-refractivity contribution is 5.37. The molecule has 134 valence electrons. The van der Waals surface area contributed by atoms with Crippen molar-refractivity contribution in [1.29, 1.82) is 0 Å². The van der Waals surface area contributed by atoms with Gasteiger partial charge in [-0.1, -0.05) is 44.2 Å². The molecule has 1 atom stereocenters. The average molecular weight is 340 g/mol. The highest BCUT2D eigenvalue weighted by Crippen LogP contribution is 2.25. The van der Waals surface area contributed by atoms with Crippen LogP contribution >= 0.6 is 0 Å². The van der Waals surface area contributed by atoms with E-state index in [4.69, 9.17) is 0 Å². The number of likely N-dealkylation sites (N-methyl/N-ethyl adjacent to an activating group) is 1. The zero-order valence-electron chi connectivity index (χ0n) is 15.4. The molecule has 1 N–H and O–H groups in total. The number of likely N-dealkylation sites (tertiary alicyclic amines) is 1. The first-order valence-electron chi connectivity index (χ1n) is 8.98. The molecule has 5 heteroatoms. The summed E-state index contributed by atoms with van der Waals surface area (Å²) in [6, 6.07) is 12.3. The highest BCUT2D eigenvalue weighted by Gasteiger charge is 2.37. The monoisotopic (exact) mass is 340 g/mol. The molecule has 1 aromatic carbocycles. The van der Waals surface area contributed by atoms with E-state index in [0.29, 0.717) is 19.0 Å². The quantitative estimate of drug-likeness (QED) is 0.876. The fourth-order valence-electron chi connectivity index (χ4n) is 3.42. The molecule has 0 amide bonds. The molecule has 0 bridgehead atoms. The molecule has 1 aliphatic rings. The normalized spacial score (nSPS) is 21.0. The third kappa shape index (κ3) is 4.55.